The standard InChI is InChI=1S/C13H20O2/c1-2-11-15-13(14)10-6-9-12-7-4-3-5-8-12/h1,12H,3-11H2. The van der Waals surface area contributed by atoms with Crippen molar-refractivity contribution in [1.29, 1.82) is 0 Å². The second-order valence-electron chi connectivity index (χ2n) is 4.26. The van der Waals surface area contributed by atoms with Crippen LogP contribution in [-0.4, -0.2) is 12.6 Å². The fourth-order valence-electron chi connectivity index (χ4n) is 2.21. The van der Waals surface area contributed by atoms with Gasteiger partial charge in [0.2, 0.25) is 0 Å². The quantitative estimate of drug-likeness (QED) is 0.513. The Labute approximate surface area is 92.4 Å². The molecule has 0 radical (unpaired) electrons. The first-order valence-corrected chi connectivity index (χ1v) is 5.92. The molecule has 1 aliphatic carbocycles. The lowest BCUT2D eigenvalue weighted by Crippen LogP contribution is -2.08. The van der Waals surface area contributed by atoms with Gasteiger partial charge < -0.3 is 4.74 Å². The van der Waals surface area contributed by atoms with E-state index in [1.54, 1.807) is 0 Å². The molecule has 0 saturated heterocycles. The normalized spacial score (nSPS) is 17.0. The van der Waals surface area contributed by atoms with Crippen LogP contribution >= 0.6 is 0 Å². The molecule has 1 saturated carbocycles. The average Bonchev–Trinajstić information content (AvgIpc) is 2.28. The third kappa shape index (κ3) is 5.47. The number of ether oxygens (including phenoxy) is 1. The highest BCUT2D eigenvalue weighted by Gasteiger charge is 2.13. The summed E-state index contributed by atoms with van der Waals surface area (Å²) >= 11 is 0. The van der Waals surface area contributed by atoms with Crippen LogP contribution in [-0.2, 0) is 9.53 Å². The predicted octanol–water partition coefficient (Wildman–Crippen LogP) is 2.91. The first kappa shape index (κ1) is 12.1. The molecular formula is C13H20O2. The van der Waals surface area contributed by atoms with Gasteiger partial charge >= 0.3 is 5.97 Å². The zero-order valence-electron chi connectivity index (χ0n) is 9.34. The van der Waals surface area contributed by atoms with Crippen molar-refractivity contribution in [2.75, 3.05) is 6.61 Å². The van der Waals surface area contributed by atoms with Gasteiger partial charge in [0.1, 0.15) is 0 Å². The van der Waals surface area contributed by atoms with Crippen LogP contribution in [0.15, 0.2) is 0 Å². The van der Waals surface area contributed by atoms with Gasteiger partial charge in [0, 0.05) is 6.42 Å². The first-order chi connectivity index (χ1) is 7.33. The van der Waals surface area contributed by atoms with Crippen LogP contribution in [0.3, 0.4) is 0 Å². The lowest BCUT2D eigenvalue weighted by atomic mass is 9.86. The van der Waals surface area contributed by atoms with Crippen LogP contribution < -0.4 is 0 Å². The minimum absolute atomic E-state index is 0.113. The molecule has 1 aliphatic rings. The van der Waals surface area contributed by atoms with Crippen LogP contribution in [0.25, 0.3) is 0 Å². The van der Waals surface area contributed by atoms with Crippen molar-refractivity contribution in [2.45, 2.75) is 51.4 Å². The fraction of sp³-hybridized carbons (Fsp3) is 0.769. The molecule has 0 unspecified atom stereocenters. The van der Waals surface area contributed by atoms with E-state index in [0.29, 0.717) is 6.42 Å². The summed E-state index contributed by atoms with van der Waals surface area (Å²) in [6, 6.07) is 0. The van der Waals surface area contributed by atoms with Gasteiger partial charge in [-0.2, -0.15) is 0 Å². The van der Waals surface area contributed by atoms with Gasteiger partial charge in [-0.3, -0.25) is 4.79 Å². The Balaban J connectivity index is 2.00. The summed E-state index contributed by atoms with van der Waals surface area (Å²) in [5, 5.41) is 0. The molecule has 0 amide bonds. The summed E-state index contributed by atoms with van der Waals surface area (Å²) in [6.07, 6.45) is 14.5. The lowest BCUT2D eigenvalue weighted by Gasteiger charge is -2.20. The molecule has 0 atom stereocenters. The van der Waals surface area contributed by atoms with Crippen molar-refractivity contribution in [3.05, 3.63) is 0 Å². The van der Waals surface area contributed by atoms with Crippen LogP contribution in [0.5, 0.6) is 0 Å². The van der Waals surface area contributed by atoms with Crippen molar-refractivity contribution in [1.82, 2.24) is 0 Å². The minimum Gasteiger partial charge on any atom is -0.452 e. The van der Waals surface area contributed by atoms with E-state index in [4.69, 9.17) is 11.2 Å². The molecule has 0 aliphatic heterocycles. The van der Waals surface area contributed by atoms with E-state index in [0.717, 1.165) is 12.3 Å². The molecule has 0 spiro atoms. The largest absolute Gasteiger partial charge is 0.452 e. The van der Waals surface area contributed by atoms with Gasteiger partial charge in [-0.15, -0.1) is 6.42 Å². The number of carbonyl (C=O) groups excluding carboxylic acids is 1. The molecule has 0 aromatic rings. The SMILES string of the molecule is C#CCOC(=O)CCCC1CCCCC1. The van der Waals surface area contributed by atoms with Crippen molar-refractivity contribution in [3.8, 4) is 12.3 Å². The molecular weight excluding hydrogens is 188 g/mol. The zero-order valence-corrected chi connectivity index (χ0v) is 9.34. The van der Waals surface area contributed by atoms with Crippen LogP contribution in [0.1, 0.15) is 51.4 Å². The number of rotatable bonds is 5. The Hall–Kier alpha value is -0.970. The highest BCUT2D eigenvalue weighted by molar-refractivity contribution is 5.69. The van der Waals surface area contributed by atoms with E-state index in [-0.39, 0.29) is 12.6 Å². The Morgan fingerprint density at radius 3 is 2.73 bits per heavy atom. The summed E-state index contributed by atoms with van der Waals surface area (Å²) in [4.78, 5) is 11.1. The number of terminal acetylenes is 1. The predicted molar refractivity (Wildman–Crippen MR) is 60.2 cm³/mol. The number of hydrogen-bond acceptors (Lipinski definition) is 2. The van der Waals surface area contributed by atoms with Crippen LogP contribution in [0.2, 0.25) is 0 Å². The Morgan fingerprint density at radius 2 is 2.07 bits per heavy atom. The van der Waals surface area contributed by atoms with Gasteiger partial charge in [-0.25, -0.2) is 0 Å². The molecule has 84 valence electrons. The Kier molecular flexibility index (Phi) is 5.92. The zero-order chi connectivity index (χ0) is 10.9. The average molecular weight is 208 g/mol. The van der Waals surface area contributed by atoms with Crippen molar-refractivity contribution >= 4 is 5.97 Å². The van der Waals surface area contributed by atoms with E-state index >= 15 is 0 Å². The first-order valence-electron chi connectivity index (χ1n) is 5.92. The summed E-state index contributed by atoms with van der Waals surface area (Å²) < 4.78 is 4.81. The van der Waals surface area contributed by atoms with Crippen LogP contribution in [0.4, 0.5) is 0 Å². The molecule has 15 heavy (non-hydrogen) atoms. The molecule has 0 aromatic heterocycles. The maximum Gasteiger partial charge on any atom is 0.306 e. The van der Waals surface area contributed by atoms with Crippen LogP contribution in [0, 0.1) is 18.3 Å². The summed E-state index contributed by atoms with van der Waals surface area (Å²) in [5.74, 6) is 2.99. The Morgan fingerprint density at radius 1 is 1.33 bits per heavy atom. The summed E-state index contributed by atoms with van der Waals surface area (Å²) in [7, 11) is 0. The van der Waals surface area contributed by atoms with Crippen molar-refractivity contribution in [2.24, 2.45) is 5.92 Å². The van der Waals surface area contributed by atoms with Gasteiger partial charge in [-0.1, -0.05) is 38.0 Å². The third-order valence-corrected chi connectivity index (χ3v) is 3.03. The maximum absolute atomic E-state index is 11.1. The molecule has 0 N–H and O–H groups in total. The second kappa shape index (κ2) is 7.34. The van der Waals surface area contributed by atoms with E-state index in [1.807, 2.05) is 0 Å². The van der Waals surface area contributed by atoms with E-state index in [2.05, 4.69) is 5.92 Å². The van der Waals surface area contributed by atoms with E-state index in [9.17, 15) is 4.79 Å². The maximum atomic E-state index is 11.1. The minimum atomic E-state index is -0.149. The molecule has 2 nitrogen and oxygen atoms in total. The monoisotopic (exact) mass is 208 g/mol. The van der Waals surface area contributed by atoms with E-state index < -0.39 is 0 Å². The fourth-order valence-corrected chi connectivity index (χ4v) is 2.21. The topological polar surface area (TPSA) is 26.3 Å². The molecule has 2 heteroatoms. The second-order valence-corrected chi connectivity index (χ2v) is 4.26. The third-order valence-electron chi connectivity index (χ3n) is 3.03. The van der Waals surface area contributed by atoms with Gasteiger partial charge in [0.25, 0.3) is 0 Å². The highest BCUT2D eigenvalue weighted by atomic mass is 16.5. The van der Waals surface area contributed by atoms with Crippen molar-refractivity contribution < 1.29 is 9.53 Å². The van der Waals surface area contributed by atoms with E-state index in [1.165, 1.54) is 38.5 Å². The lowest BCUT2D eigenvalue weighted by molar-refractivity contribution is -0.142. The number of hydrogen-bond donors (Lipinski definition) is 0. The van der Waals surface area contributed by atoms with Gasteiger partial charge in [-0.05, 0) is 18.8 Å². The summed E-state index contributed by atoms with van der Waals surface area (Å²) in [6.45, 7) is 0.113. The Bertz CT molecular complexity index is 221. The highest BCUT2D eigenvalue weighted by Crippen LogP contribution is 2.27. The number of esters is 1. The number of carbonyl (C=O) groups is 1. The summed E-state index contributed by atoms with van der Waals surface area (Å²) in [5.41, 5.74) is 0. The smallest absolute Gasteiger partial charge is 0.306 e. The molecule has 1 rings (SSSR count). The molecule has 0 bridgehead atoms. The molecule has 1 fully saturated rings. The molecule has 0 heterocycles. The van der Waals surface area contributed by atoms with Gasteiger partial charge in [0.05, 0.1) is 0 Å². The van der Waals surface area contributed by atoms with Crippen molar-refractivity contribution in [3.63, 3.8) is 0 Å². The van der Waals surface area contributed by atoms with Gasteiger partial charge in [0.15, 0.2) is 6.61 Å². The molecule has 0 aromatic carbocycles.